The van der Waals surface area contributed by atoms with Crippen molar-refractivity contribution >= 4 is 66.1 Å². The maximum atomic E-state index is 6.23. The van der Waals surface area contributed by atoms with Gasteiger partial charge >= 0.3 is 0 Å². The number of nitrogens with one attached hydrogen (secondary N) is 1. The topological polar surface area (TPSA) is 24.9 Å². The third-order valence-corrected chi connectivity index (χ3v) is 5.60. The van der Waals surface area contributed by atoms with E-state index in [-0.39, 0.29) is 0 Å². The molecule has 0 unspecified atom stereocenters. The Labute approximate surface area is 126 Å². The van der Waals surface area contributed by atoms with Crippen LogP contribution in [0.25, 0.3) is 10.2 Å². The molecule has 0 saturated heterocycles. The van der Waals surface area contributed by atoms with Crippen molar-refractivity contribution in [2.45, 2.75) is 6.54 Å². The lowest BCUT2D eigenvalue weighted by atomic mass is 10.3. The number of anilines is 1. The molecule has 0 aliphatic heterocycles. The van der Waals surface area contributed by atoms with Crippen molar-refractivity contribution in [2.24, 2.45) is 0 Å². The van der Waals surface area contributed by atoms with E-state index in [0.717, 1.165) is 26.9 Å². The summed E-state index contributed by atoms with van der Waals surface area (Å²) >= 11 is 13.1. The van der Waals surface area contributed by atoms with Crippen LogP contribution in [0, 0.1) is 0 Å². The number of fused-ring (bicyclic) bond motifs is 1. The predicted molar refractivity (Wildman–Crippen MR) is 84.0 cm³/mol. The van der Waals surface area contributed by atoms with Gasteiger partial charge in [-0.15, -0.1) is 22.7 Å². The summed E-state index contributed by atoms with van der Waals surface area (Å²) in [5.41, 5.74) is 3.70. The fourth-order valence-corrected chi connectivity index (χ4v) is 4.03. The second kappa shape index (κ2) is 5.17. The fourth-order valence-electron chi connectivity index (χ4n) is 1.69. The van der Waals surface area contributed by atoms with Crippen LogP contribution in [0.5, 0.6) is 0 Å². The summed E-state index contributed by atoms with van der Waals surface area (Å²) in [4.78, 5) is 5.61. The average molecular weight is 360 g/mol. The lowest BCUT2D eigenvalue weighted by molar-refractivity contribution is 1.19. The molecule has 2 nitrogen and oxygen atoms in total. The predicted octanol–water partition coefficient (Wildman–Crippen LogP) is 5.39. The number of aromatic nitrogens is 1. The first-order valence-electron chi connectivity index (χ1n) is 5.23. The van der Waals surface area contributed by atoms with Crippen LogP contribution in [-0.4, -0.2) is 4.98 Å². The molecular formula is C12H8BrClN2S2. The van der Waals surface area contributed by atoms with Gasteiger partial charge in [0.2, 0.25) is 0 Å². The van der Waals surface area contributed by atoms with Crippen LogP contribution in [-0.2, 0) is 6.54 Å². The van der Waals surface area contributed by atoms with Crippen LogP contribution in [0.4, 0.5) is 5.69 Å². The highest BCUT2D eigenvalue weighted by atomic mass is 79.9. The highest BCUT2D eigenvalue weighted by molar-refractivity contribution is 9.10. The molecule has 0 spiro atoms. The first-order valence-corrected chi connectivity index (χ1v) is 8.16. The number of halogens is 2. The maximum absolute atomic E-state index is 6.23. The van der Waals surface area contributed by atoms with E-state index in [4.69, 9.17) is 11.6 Å². The van der Waals surface area contributed by atoms with Crippen LogP contribution in [0.3, 0.4) is 0 Å². The molecule has 1 aromatic carbocycles. The van der Waals surface area contributed by atoms with Crippen LogP contribution in [0.15, 0.2) is 33.6 Å². The van der Waals surface area contributed by atoms with Gasteiger partial charge in [-0.3, -0.25) is 0 Å². The second-order valence-electron chi connectivity index (χ2n) is 3.67. The maximum Gasteiger partial charge on any atom is 0.106 e. The van der Waals surface area contributed by atoms with Gasteiger partial charge in [0.25, 0.3) is 0 Å². The third-order valence-electron chi connectivity index (χ3n) is 2.57. The smallest absolute Gasteiger partial charge is 0.106 e. The molecule has 0 atom stereocenters. The standard InChI is InChI=1S/C12H8BrClN2S2/c13-7-3-4-17-10(7)5-15-11-8(14)1-2-9-12(11)16-6-18-9/h1-4,6,15H,5H2. The van der Waals surface area contributed by atoms with Gasteiger partial charge in [0.15, 0.2) is 0 Å². The highest BCUT2D eigenvalue weighted by Crippen LogP contribution is 2.33. The fraction of sp³-hybridized carbons (Fsp3) is 0.0833. The monoisotopic (exact) mass is 358 g/mol. The van der Waals surface area contributed by atoms with Crippen LogP contribution < -0.4 is 5.32 Å². The molecule has 18 heavy (non-hydrogen) atoms. The van der Waals surface area contributed by atoms with Crippen molar-refractivity contribution in [3.8, 4) is 0 Å². The highest BCUT2D eigenvalue weighted by Gasteiger charge is 2.09. The minimum Gasteiger partial charge on any atom is -0.377 e. The molecular weight excluding hydrogens is 352 g/mol. The number of hydrogen-bond donors (Lipinski definition) is 1. The molecule has 0 aliphatic rings. The van der Waals surface area contributed by atoms with Gasteiger partial charge in [0.1, 0.15) is 5.52 Å². The Kier molecular flexibility index (Phi) is 3.56. The molecule has 6 heteroatoms. The SMILES string of the molecule is Clc1ccc2scnc2c1NCc1sccc1Br. The Morgan fingerprint density at radius 2 is 2.17 bits per heavy atom. The van der Waals surface area contributed by atoms with Crippen molar-refractivity contribution in [1.29, 1.82) is 0 Å². The molecule has 1 N–H and O–H groups in total. The van der Waals surface area contributed by atoms with Crippen molar-refractivity contribution < 1.29 is 0 Å². The van der Waals surface area contributed by atoms with E-state index in [0.29, 0.717) is 5.02 Å². The molecule has 0 aliphatic carbocycles. The summed E-state index contributed by atoms with van der Waals surface area (Å²) in [6, 6.07) is 5.96. The Morgan fingerprint density at radius 1 is 1.28 bits per heavy atom. The minimum atomic E-state index is 0.709. The first kappa shape index (κ1) is 12.4. The summed E-state index contributed by atoms with van der Waals surface area (Å²) in [7, 11) is 0. The van der Waals surface area contributed by atoms with Gasteiger partial charge in [-0.2, -0.15) is 0 Å². The van der Waals surface area contributed by atoms with Crippen molar-refractivity contribution in [1.82, 2.24) is 4.98 Å². The third kappa shape index (κ3) is 2.28. The van der Waals surface area contributed by atoms with Gasteiger partial charge in [-0.25, -0.2) is 4.98 Å². The summed E-state index contributed by atoms with van der Waals surface area (Å²) < 4.78 is 2.27. The number of nitrogens with zero attached hydrogens (tertiary/aromatic N) is 1. The van der Waals surface area contributed by atoms with E-state index in [1.807, 2.05) is 23.7 Å². The van der Waals surface area contributed by atoms with E-state index in [1.54, 1.807) is 22.7 Å². The molecule has 2 heterocycles. The molecule has 92 valence electrons. The zero-order valence-corrected chi connectivity index (χ0v) is 13.1. The average Bonchev–Trinajstić information content (AvgIpc) is 2.97. The molecule has 0 fully saturated rings. The summed E-state index contributed by atoms with van der Waals surface area (Å²) in [6.07, 6.45) is 0. The Morgan fingerprint density at radius 3 is 2.94 bits per heavy atom. The number of thiazole rings is 1. The number of thiophene rings is 1. The molecule has 0 radical (unpaired) electrons. The van der Waals surface area contributed by atoms with Crippen LogP contribution in [0.2, 0.25) is 5.02 Å². The van der Waals surface area contributed by atoms with Gasteiger partial charge in [0, 0.05) is 9.35 Å². The Hall–Kier alpha value is -0.620. The molecule has 3 aromatic rings. The summed E-state index contributed by atoms with van der Waals surface area (Å²) in [5, 5.41) is 6.15. The van der Waals surface area contributed by atoms with E-state index in [9.17, 15) is 0 Å². The zero-order valence-electron chi connectivity index (χ0n) is 9.11. The van der Waals surface area contributed by atoms with Crippen molar-refractivity contribution in [2.75, 3.05) is 5.32 Å². The summed E-state index contributed by atoms with van der Waals surface area (Å²) in [6.45, 7) is 0.745. The number of hydrogen-bond acceptors (Lipinski definition) is 4. The van der Waals surface area contributed by atoms with E-state index in [2.05, 4.69) is 31.6 Å². The van der Waals surface area contributed by atoms with Gasteiger partial charge in [-0.05, 0) is 39.5 Å². The van der Waals surface area contributed by atoms with Gasteiger partial charge < -0.3 is 5.32 Å². The van der Waals surface area contributed by atoms with Gasteiger partial charge in [-0.1, -0.05) is 11.6 Å². The second-order valence-corrected chi connectivity index (χ2v) is 6.82. The molecule has 0 bridgehead atoms. The minimum absolute atomic E-state index is 0.709. The van der Waals surface area contributed by atoms with Crippen LogP contribution in [0.1, 0.15) is 4.88 Å². The Balaban J connectivity index is 1.92. The quantitative estimate of drug-likeness (QED) is 0.678. The molecule has 3 rings (SSSR count). The largest absolute Gasteiger partial charge is 0.377 e. The van der Waals surface area contributed by atoms with E-state index >= 15 is 0 Å². The number of rotatable bonds is 3. The number of benzene rings is 1. The van der Waals surface area contributed by atoms with E-state index in [1.165, 1.54) is 4.88 Å². The van der Waals surface area contributed by atoms with Crippen molar-refractivity contribution in [3.63, 3.8) is 0 Å². The normalized spacial score (nSPS) is 11.0. The molecule has 0 saturated carbocycles. The van der Waals surface area contributed by atoms with Crippen molar-refractivity contribution in [3.05, 3.63) is 43.5 Å². The first-order chi connectivity index (χ1) is 8.75. The summed E-state index contributed by atoms with van der Waals surface area (Å²) in [5.74, 6) is 0. The molecule has 0 amide bonds. The zero-order chi connectivity index (χ0) is 12.5. The van der Waals surface area contributed by atoms with Gasteiger partial charge in [0.05, 0.1) is 27.5 Å². The molecule has 2 aromatic heterocycles. The lowest BCUT2D eigenvalue weighted by Crippen LogP contribution is -1.99. The van der Waals surface area contributed by atoms with Crippen LogP contribution >= 0.6 is 50.2 Å². The lowest BCUT2D eigenvalue weighted by Gasteiger charge is -2.08. The van der Waals surface area contributed by atoms with E-state index < -0.39 is 0 Å². The Bertz CT molecular complexity index is 692.